The van der Waals surface area contributed by atoms with Crippen molar-refractivity contribution in [1.82, 2.24) is 4.98 Å². The lowest BCUT2D eigenvalue weighted by Gasteiger charge is -1.70. The highest BCUT2D eigenvalue weighted by Crippen LogP contribution is 1.73. The lowest BCUT2D eigenvalue weighted by Crippen LogP contribution is -1.58. The lowest BCUT2D eigenvalue weighted by atomic mass is 10.5. The van der Waals surface area contributed by atoms with Crippen molar-refractivity contribution in [1.29, 1.82) is 0 Å². The zero-order valence-electron chi connectivity index (χ0n) is 4.23. The summed E-state index contributed by atoms with van der Waals surface area (Å²) in [5.41, 5.74) is 0. The maximum atomic E-state index is 3.78. The van der Waals surface area contributed by atoms with Crippen molar-refractivity contribution in [3.05, 3.63) is 30.6 Å². The van der Waals surface area contributed by atoms with E-state index in [0.29, 0.717) is 0 Å². The summed E-state index contributed by atoms with van der Waals surface area (Å²) in [7, 11) is 0. The first-order valence-electron chi connectivity index (χ1n) is 2.05. The van der Waals surface area contributed by atoms with Crippen LogP contribution in [0.3, 0.4) is 0 Å². The second kappa shape index (κ2) is 6.85. The van der Waals surface area contributed by atoms with Gasteiger partial charge in [-0.25, -0.2) is 0 Å². The second-order valence-corrected chi connectivity index (χ2v) is 1.02. The van der Waals surface area contributed by atoms with E-state index in [-0.39, 0.29) is 0 Å². The smallest absolute Gasteiger partial charge is 0.0267 e. The molecule has 0 saturated carbocycles. The van der Waals surface area contributed by atoms with Crippen LogP contribution in [-0.2, 0) is 0 Å². The molecule has 1 aromatic rings. The van der Waals surface area contributed by atoms with Gasteiger partial charge in [0.1, 0.15) is 0 Å². The third-order valence-electron chi connectivity index (χ3n) is 0.566. The Labute approximate surface area is 59.4 Å². The predicted molar refractivity (Wildman–Crippen MR) is 42.2 cm³/mol. The van der Waals surface area contributed by atoms with E-state index in [1.54, 1.807) is 12.4 Å². The fourth-order valence-corrected chi connectivity index (χ4v) is 0.313. The van der Waals surface area contributed by atoms with E-state index in [2.05, 4.69) is 28.3 Å². The van der Waals surface area contributed by atoms with Crippen LogP contribution in [0.5, 0.6) is 0 Å². The van der Waals surface area contributed by atoms with E-state index >= 15 is 0 Å². The van der Waals surface area contributed by atoms with E-state index in [4.69, 9.17) is 0 Å². The van der Waals surface area contributed by atoms with E-state index < -0.39 is 0 Å². The molecule has 1 nitrogen and oxygen atoms in total. The minimum absolute atomic E-state index is 1.75. The zero-order chi connectivity index (χ0) is 6.24. The van der Waals surface area contributed by atoms with Crippen molar-refractivity contribution >= 4 is 23.3 Å². The molecule has 44 valence electrons. The molecule has 0 radical (unpaired) electrons. The molecular formula is C5H7NS2. The molecule has 0 bridgehead atoms. The molecule has 0 atom stereocenters. The molecule has 8 heavy (non-hydrogen) atoms. The van der Waals surface area contributed by atoms with Crippen molar-refractivity contribution in [2.24, 2.45) is 0 Å². The van der Waals surface area contributed by atoms with Crippen molar-refractivity contribution < 1.29 is 0 Å². The van der Waals surface area contributed by atoms with Gasteiger partial charge in [0, 0.05) is 12.4 Å². The minimum Gasteiger partial charge on any atom is -0.265 e. The molecule has 0 fully saturated rings. The van der Waals surface area contributed by atoms with Gasteiger partial charge in [-0.3, -0.25) is 4.98 Å². The monoisotopic (exact) mass is 145 g/mol. The Morgan fingerprint density at radius 2 is 1.38 bits per heavy atom. The summed E-state index contributed by atoms with van der Waals surface area (Å²) in [5, 5.41) is 0. The predicted octanol–water partition coefficient (Wildman–Crippen LogP) is 1.84. The first-order valence-corrected chi connectivity index (χ1v) is 3.65. The largest absolute Gasteiger partial charge is 0.265 e. The van der Waals surface area contributed by atoms with Gasteiger partial charge in [-0.05, 0) is 12.1 Å². The summed E-state index contributed by atoms with van der Waals surface area (Å²) in [5.74, 6) is 0. The second-order valence-electron chi connectivity index (χ2n) is 1.02. The number of hydrogen-bond acceptors (Lipinski definition) is 3. The first-order chi connectivity index (χ1) is 4.00. The van der Waals surface area contributed by atoms with Crippen LogP contribution in [0.25, 0.3) is 0 Å². The molecule has 0 aliphatic heterocycles. The van der Waals surface area contributed by atoms with Crippen molar-refractivity contribution in [2.45, 2.75) is 0 Å². The van der Waals surface area contributed by atoms with Gasteiger partial charge in [0.2, 0.25) is 0 Å². The van der Waals surface area contributed by atoms with Crippen LogP contribution < -0.4 is 0 Å². The van der Waals surface area contributed by atoms with Crippen molar-refractivity contribution in [3.63, 3.8) is 0 Å². The highest BCUT2D eigenvalue weighted by atomic mass is 33.1. The molecule has 0 N–H and O–H groups in total. The molecule has 0 amide bonds. The summed E-state index contributed by atoms with van der Waals surface area (Å²) in [6, 6.07) is 5.72. The van der Waals surface area contributed by atoms with Crippen LogP contribution in [0.4, 0.5) is 0 Å². The summed E-state index contributed by atoms with van der Waals surface area (Å²) in [4.78, 5) is 3.78. The topological polar surface area (TPSA) is 12.9 Å². The Balaban J connectivity index is 0.000000222. The quantitative estimate of drug-likeness (QED) is 0.419. The molecule has 0 saturated heterocycles. The fourth-order valence-electron chi connectivity index (χ4n) is 0.313. The molecule has 0 aromatic carbocycles. The van der Waals surface area contributed by atoms with E-state index in [0.717, 1.165) is 0 Å². The molecular weight excluding hydrogens is 138 g/mol. The number of aromatic nitrogens is 1. The van der Waals surface area contributed by atoms with Gasteiger partial charge in [-0.2, -0.15) is 0 Å². The third kappa shape index (κ3) is 4.02. The van der Waals surface area contributed by atoms with Crippen LogP contribution in [0.1, 0.15) is 0 Å². The lowest BCUT2D eigenvalue weighted by molar-refractivity contribution is 1.33. The SMILES string of the molecule is SS.c1ccncc1. The van der Waals surface area contributed by atoms with Gasteiger partial charge in [0.05, 0.1) is 0 Å². The average Bonchev–Trinajstić information content (AvgIpc) is 1.96. The molecule has 1 aromatic heterocycles. The average molecular weight is 145 g/mol. The van der Waals surface area contributed by atoms with Crippen molar-refractivity contribution in [3.8, 4) is 0 Å². The van der Waals surface area contributed by atoms with Gasteiger partial charge in [0.25, 0.3) is 0 Å². The Morgan fingerprint density at radius 3 is 1.50 bits per heavy atom. The normalized spacial score (nSPS) is 6.75. The summed E-state index contributed by atoms with van der Waals surface area (Å²) < 4.78 is 0. The van der Waals surface area contributed by atoms with Gasteiger partial charge < -0.3 is 0 Å². The number of thiol groups is 2. The molecule has 0 spiro atoms. The summed E-state index contributed by atoms with van der Waals surface area (Å²) >= 11 is 6.44. The van der Waals surface area contributed by atoms with Gasteiger partial charge >= 0.3 is 0 Å². The number of rotatable bonds is 0. The Kier molecular flexibility index (Phi) is 6.72. The van der Waals surface area contributed by atoms with Gasteiger partial charge in [-0.1, -0.05) is 6.07 Å². The van der Waals surface area contributed by atoms with Gasteiger partial charge in [0.15, 0.2) is 0 Å². The number of pyridine rings is 1. The molecule has 0 unspecified atom stereocenters. The van der Waals surface area contributed by atoms with Crippen LogP contribution >= 0.6 is 23.3 Å². The summed E-state index contributed by atoms with van der Waals surface area (Å²) in [6.45, 7) is 0. The Morgan fingerprint density at radius 1 is 0.875 bits per heavy atom. The van der Waals surface area contributed by atoms with E-state index in [9.17, 15) is 0 Å². The first kappa shape index (κ1) is 7.85. The highest BCUT2D eigenvalue weighted by molar-refractivity contribution is 8.59. The molecule has 1 heterocycles. The summed E-state index contributed by atoms with van der Waals surface area (Å²) in [6.07, 6.45) is 3.50. The van der Waals surface area contributed by atoms with Crippen LogP contribution in [0.15, 0.2) is 30.6 Å². The Bertz CT molecular complexity index is 82.4. The standard InChI is InChI=1S/C5H5N.H2S2/c1-2-4-6-5-3-1;1-2/h1-5H;1-2H. The zero-order valence-corrected chi connectivity index (χ0v) is 6.02. The molecule has 3 heteroatoms. The van der Waals surface area contributed by atoms with Gasteiger partial charge in [-0.15, -0.1) is 23.3 Å². The van der Waals surface area contributed by atoms with Crippen LogP contribution in [-0.4, -0.2) is 4.98 Å². The van der Waals surface area contributed by atoms with E-state index in [1.165, 1.54) is 0 Å². The third-order valence-corrected chi connectivity index (χ3v) is 0.566. The number of hydrogen-bond donors (Lipinski definition) is 2. The fraction of sp³-hybridized carbons (Fsp3) is 0. The maximum Gasteiger partial charge on any atom is 0.0267 e. The van der Waals surface area contributed by atoms with Crippen molar-refractivity contribution in [2.75, 3.05) is 0 Å². The van der Waals surface area contributed by atoms with Crippen LogP contribution in [0, 0.1) is 0 Å². The highest BCUT2D eigenvalue weighted by Gasteiger charge is 1.58. The molecule has 0 aliphatic rings. The van der Waals surface area contributed by atoms with Crippen LogP contribution in [0.2, 0.25) is 0 Å². The maximum absolute atomic E-state index is 3.78. The molecule has 1 rings (SSSR count). The Hall–Kier alpha value is -0.150. The minimum atomic E-state index is 1.75. The molecule has 0 aliphatic carbocycles. The number of nitrogens with zero attached hydrogens (tertiary/aromatic N) is 1. The van der Waals surface area contributed by atoms with E-state index in [1.807, 2.05) is 18.2 Å².